The van der Waals surface area contributed by atoms with Crippen LogP contribution in [0.4, 0.5) is 0 Å². The minimum atomic E-state index is -1.17. The average Bonchev–Trinajstić information content (AvgIpc) is 2.88. The monoisotopic (exact) mass is 340 g/mol. The van der Waals surface area contributed by atoms with Crippen molar-refractivity contribution in [1.29, 1.82) is 0 Å². The molecule has 1 aliphatic rings. The zero-order chi connectivity index (χ0) is 14.7. The summed E-state index contributed by atoms with van der Waals surface area (Å²) in [5.74, 6) is -1.54. The standard InChI is InChI=1S/C13H13BrN2O4/c1-7(8-3-2-4-9(14)5-8)15-12(17)11-6-10(13(18)19)16-20-11/h2-5,7,11H,6H2,1H3,(H,15,17)(H,18,19). The van der Waals surface area contributed by atoms with Gasteiger partial charge in [-0.25, -0.2) is 4.79 Å². The number of carboxylic acids is 1. The maximum Gasteiger partial charge on any atom is 0.353 e. The number of amides is 1. The van der Waals surface area contributed by atoms with Crippen LogP contribution in [0, 0.1) is 0 Å². The summed E-state index contributed by atoms with van der Waals surface area (Å²) in [5.41, 5.74) is 0.797. The number of hydrogen-bond acceptors (Lipinski definition) is 4. The molecule has 2 unspecified atom stereocenters. The van der Waals surface area contributed by atoms with Crippen LogP contribution in [0.15, 0.2) is 33.9 Å². The molecule has 20 heavy (non-hydrogen) atoms. The smallest absolute Gasteiger partial charge is 0.353 e. The third kappa shape index (κ3) is 3.36. The Morgan fingerprint density at radius 2 is 2.30 bits per heavy atom. The maximum absolute atomic E-state index is 12.0. The van der Waals surface area contributed by atoms with E-state index in [4.69, 9.17) is 9.94 Å². The van der Waals surface area contributed by atoms with E-state index < -0.39 is 12.1 Å². The third-order valence-corrected chi connectivity index (χ3v) is 3.41. The fourth-order valence-corrected chi connectivity index (χ4v) is 2.23. The van der Waals surface area contributed by atoms with Crippen LogP contribution in [-0.4, -0.2) is 28.8 Å². The fraction of sp³-hybridized carbons (Fsp3) is 0.308. The van der Waals surface area contributed by atoms with E-state index in [9.17, 15) is 9.59 Å². The molecule has 1 aliphatic heterocycles. The highest BCUT2D eigenvalue weighted by Crippen LogP contribution is 2.19. The lowest BCUT2D eigenvalue weighted by molar-refractivity contribution is -0.132. The van der Waals surface area contributed by atoms with Gasteiger partial charge in [0.15, 0.2) is 5.71 Å². The predicted molar refractivity (Wildman–Crippen MR) is 75.3 cm³/mol. The number of rotatable bonds is 4. The van der Waals surface area contributed by atoms with Crippen molar-refractivity contribution in [3.8, 4) is 0 Å². The van der Waals surface area contributed by atoms with Gasteiger partial charge in [-0.1, -0.05) is 33.2 Å². The first-order valence-electron chi connectivity index (χ1n) is 5.99. The van der Waals surface area contributed by atoms with Crippen LogP contribution in [0.5, 0.6) is 0 Å². The minimum absolute atomic E-state index is 0.0215. The van der Waals surface area contributed by atoms with Gasteiger partial charge in [-0.3, -0.25) is 4.79 Å². The van der Waals surface area contributed by atoms with Crippen LogP contribution < -0.4 is 5.32 Å². The van der Waals surface area contributed by atoms with E-state index in [1.165, 1.54) is 0 Å². The molecule has 0 bridgehead atoms. The predicted octanol–water partition coefficient (Wildman–Crippen LogP) is 1.86. The molecule has 6 nitrogen and oxygen atoms in total. The Hall–Kier alpha value is -1.89. The van der Waals surface area contributed by atoms with Gasteiger partial charge < -0.3 is 15.3 Å². The van der Waals surface area contributed by atoms with E-state index in [0.717, 1.165) is 10.0 Å². The van der Waals surface area contributed by atoms with Crippen molar-refractivity contribution in [2.75, 3.05) is 0 Å². The van der Waals surface area contributed by atoms with Gasteiger partial charge in [-0.2, -0.15) is 0 Å². The highest BCUT2D eigenvalue weighted by atomic mass is 79.9. The first-order chi connectivity index (χ1) is 9.47. The van der Waals surface area contributed by atoms with E-state index in [-0.39, 0.29) is 24.1 Å². The number of oxime groups is 1. The van der Waals surface area contributed by atoms with Gasteiger partial charge >= 0.3 is 5.97 Å². The highest BCUT2D eigenvalue weighted by Gasteiger charge is 2.32. The Labute approximate surface area is 123 Å². The molecule has 0 spiro atoms. The normalized spacial score (nSPS) is 18.9. The third-order valence-electron chi connectivity index (χ3n) is 2.92. The minimum Gasteiger partial charge on any atom is -0.477 e. The molecule has 1 aromatic rings. The molecule has 0 fully saturated rings. The number of aliphatic carboxylic acids is 1. The van der Waals surface area contributed by atoms with Crippen LogP contribution in [-0.2, 0) is 14.4 Å². The molecule has 1 amide bonds. The van der Waals surface area contributed by atoms with Crippen molar-refractivity contribution in [1.82, 2.24) is 5.32 Å². The van der Waals surface area contributed by atoms with Crippen molar-refractivity contribution in [3.63, 3.8) is 0 Å². The number of hydrogen-bond donors (Lipinski definition) is 2. The number of halogens is 1. The molecular weight excluding hydrogens is 328 g/mol. The lowest BCUT2D eigenvalue weighted by Crippen LogP contribution is -2.36. The zero-order valence-corrected chi connectivity index (χ0v) is 12.3. The Bertz CT molecular complexity index is 573. The van der Waals surface area contributed by atoms with Gasteiger partial charge in [0.25, 0.3) is 5.91 Å². The average molecular weight is 341 g/mol. The first kappa shape index (κ1) is 14.5. The summed E-state index contributed by atoms with van der Waals surface area (Å²) in [5, 5.41) is 14.9. The van der Waals surface area contributed by atoms with E-state index in [1.54, 1.807) is 0 Å². The van der Waals surface area contributed by atoms with Gasteiger partial charge in [0.05, 0.1) is 6.04 Å². The summed E-state index contributed by atoms with van der Waals surface area (Å²) in [4.78, 5) is 27.5. The van der Waals surface area contributed by atoms with Gasteiger partial charge in [0.1, 0.15) is 0 Å². The van der Waals surface area contributed by atoms with Crippen molar-refractivity contribution in [2.45, 2.75) is 25.5 Å². The van der Waals surface area contributed by atoms with Crippen molar-refractivity contribution in [2.24, 2.45) is 5.16 Å². The molecule has 2 N–H and O–H groups in total. The summed E-state index contributed by atoms with van der Waals surface area (Å²) in [6.45, 7) is 1.84. The van der Waals surface area contributed by atoms with Crippen molar-refractivity contribution >= 4 is 33.5 Å². The summed E-state index contributed by atoms with van der Waals surface area (Å²) >= 11 is 3.37. The molecule has 1 aromatic carbocycles. The van der Waals surface area contributed by atoms with Gasteiger partial charge in [-0.15, -0.1) is 0 Å². The second-order valence-corrected chi connectivity index (χ2v) is 5.34. The van der Waals surface area contributed by atoms with Gasteiger partial charge in [0.2, 0.25) is 6.10 Å². The summed E-state index contributed by atoms with van der Waals surface area (Å²) in [6.07, 6.45) is -0.900. The zero-order valence-electron chi connectivity index (χ0n) is 10.7. The molecule has 0 aliphatic carbocycles. The highest BCUT2D eigenvalue weighted by molar-refractivity contribution is 9.10. The fourth-order valence-electron chi connectivity index (χ4n) is 1.81. The molecule has 0 saturated heterocycles. The second-order valence-electron chi connectivity index (χ2n) is 4.43. The Kier molecular flexibility index (Phi) is 4.39. The Balaban J connectivity index is 1.94. The number of carbonyl (C=O) groups is 2. The number of benzene rings is 1. The van der Waals surface area contributed by atoms with E-state index >= 15 is 0 Å². The number of carboxylic acid groups (broad SMARTS) is 1. The quantitative estimate of drug-likeness (QED) is 0.875. The second kappa shape index (κ2) is 6.04. The summed E-state index contributed by atoms with van der Waals surface area (Å²) in [7, 11) is 0. The van der Waals surface area contributed by atoms with Gasteiger partial charge in [0, 0.05) is 10.9 Å². The Morgan fingerprint density at radius 3 is 2.90 bits per heavy atom. The van der Waals surface area contributed by atoms with E-state index in [1.807, 2.05) is 31.2 Å². The van der Waals surface area contributed by atoms with Gasteiger partial charge in [-0.05, 0) is 24.6 Å². The molecule has 1 heterocycles. The first-order valence-corrected chi connectivity index (χ1v) is 6.78. The molecule has 2 rings (SSSR count). The molecule has 0 radical (unpaired) electrons. The number of nitrogens with one attached hydrogen (secondary N) is 1. The molecule has 7 heteroatoms. The van der Waals surface area contributed by atoms with Crippen molar-refractivity contribution in [3.05, 3.63) is 34.3 Å². The number of carbonyl (C=O) groups excluding carboxylic acids is 1. The molecule has 106 valence electrons. The lowest BCUT2D eigenvalue weighted by atomic mass is 10.1. The topological polar surface area (TPSA) is 88.0 Å². The maximum atomic E-state index is 12.0. The number of nitrogens with zero attached hydrogens (tertiary/aromatic N) is 1. The van der Waals surface area contributed by atoms with Crippen molar-refractivity contribution < 1.29 is 19.5 Å². The molecule has 2 atom stereocenters. The summed E-state index contributed by atoms with van der Waals surface area (Å²) in [6, 6.07) is 7.35. The molecule has 0 saturated carbocycles. The van der Waals surface area contributed by atoms with E-state index in [2.05, 4.69) is 26.4 Å². The van der Waals surface area contributed by atoms with E-state index in [0.29, 0.717) is 0 Å². The van der Waals surface area contributed by atoms with Crippen LogP contribution >= 0.6 is 15.9 Å². The summed E-state index contributed by atoms with van der Waals surface area (Å²) < 4.78 is 0.921. The van der Waals surface area contributed by atoms with Crippen LogP contribution in [0.2, 0.25) is 0 Å². The SMILES string of the molecule is CC(NC(=O)C1CC(C(=O)O)=NO1)c1cccc(Br)c1. The largest absolute Gasteiger partial charge is 0.477 e. The van der Waals surface area contributed by atoms with Crippen LogP contribution in [0.25, 0.3) is 0 Å². The molecule has 0 aromatic heterocycles. The van der Waals surface area contributed by atoms with Crippen LogP contribution in [0.1, 0.15) is 24.9 Å². The lowest BCUT2D eigenvalue weighted by Gasteiger charge is -2.16. The molecular formula is C13H13BrN2O4. The Morgan fingerprint density at radius 1 is 1.55 bits per heavy atom. The van der Waals surface area contributed by atoms with Crippen LogP contribution in [0.3, 0.4) is 0 Å².